The van der Waals surface area contributed by atoms with Crippen LogP contribution < -0.4 is 5.32 Å². The molecule has 1 N–H and O–H groups in total. The van der Waals surface area contributed by atoms with Crippen LogP contribution in [0.1, 0.15) is 36.6 Å². The van der Waals surface area contributed by atoms with Crippen LogP contribution >= 0.6 is 11.3 Å². The highest BCUT2D eigenvalue weighted by atomic mass is 32.1. The van der Waals surface area contributed by atoms with E-state index >= 15 is 0 Å². The van der Waals surface area contributed by atoms with Gasteiger partial charge in [-0.2, -0.15) is 0 Å². The largest absolute Gasteiger partial charge is 0.383 e. The minimum atomic E-state index is 0.400. The molecular weight excluding hydrogens is 206 g/mol. The monoisotopic (exact) mass is 227 g/mol. The summed E-state index contributed by atoms with van der Waals surface area (Å²) in [4.78, 5) is 2.87. The number of hydrogen-bond donors (Lipinski definition) is 1. The molecule has 0 aliphatic rings. The molecule has 0 saturated heterocycles. The highest BCUT2D eigenvalue weighted by Crippen LogP contribution is 2.23. The molecule has 86 valence electrons. The summed E-state index contributed by atoms with van der Waals surface area (Å²) in [6.45, 7) is 7.31. The van der Waals surface area contributed by atoms with Gasteiger partial charge in [-0.05, 0) is 32.4 Å². The zero-order chi connectivity index (χ0) is 11.3. The van der Waals surface area contributed by atoms with Crippen molar-refractivity contribution in [1.29, 1.82) is 0 Å². The molecule has 3 heteroatoms. The Bertz CT molecular complexity index is 285. The molecule has 2 unspecified atom stereocenters. The van der Waals surface area contributed by atoms with E-state index in [0.29, 0.717) is 12.1 Å². The van der Waals surface area contributed by atoms with Crippen molar-refractivity contribution in [3.8, 4) is 0 Å². The molecule has 0 aromatic carbocycles. The smallest absolute Gasteiger partial charge is 0.0613 e. The van der Waals surface area contributed by atoms with Gasteiger partial charge in [-0.1, -0.05) is 6.92 Å². The first-order valence-corrected chi connectivity index (χ1v) is 6.32. The van der Waals surface area contributed by atoms with Crippen molar-refractivity contribution in [3.63, 3.8) is 0 Å². The average molecular weight is 227 g/mol. The molecule has 0 saturated carbocycles. The number of rotatable bonds is 6. The Morgan fingerprint density at radius 2 is 2.13 bits per heavy atom. The van der Waals surface area contributed by atoms with Gasteiger partial charge in [0.25, 0.3) is 0 Å². The van der Waals surface area contributed by atoms with Crippen molar-refractivity contribution in [3.05, 3.63) is 21.9 Å². The topological polar surface area (TPSA) is 21.3 Å². The maximum absolute atomic E-state index is 5.11. The number of hydrogen-bond acceptors (Lipinski definition) is 3. The van der Waals surface area contributed by atoms with Crippen LogP contribution in [0.3, 0.4) is 0 Å². The molecule has 0 bridgehead atoms. The van der Waals surface area contributed by atoms with Crippen molar-refractivity contribution < 1.29 is 4.74 Å². The lowest BCUT2D eigenvalue weighted by atomic mass is 10.2. The van der Waals surface area contributed by atoms with Gasteiger partial charge in [0.15, 0.2) is 0 Å². The summed E-state index contributed by atoms with van der Waals surface area (Å²) in [5.41, 5.74) is 0. The van der Waals surface area contributed by atoms with E-state index in [2.05, 4.69) is 38.2 Å². The average Bonchev–Trinajstić information content (AvgIpc) is 2.66. The van der Waals surface area contributed by atoms with Crippen LogP contribution in [0.4, 0.5) is 0 Å². The maximum atomic E-state index is 5.11. The standard InChI is InChI=1S/C12H21NOS/c1-5-11-6-7-12(15-11)10(3)13-9(2)8-14-4/h6-7,9-10,13H,5,8H2,1-4H3. The van der Waals surface area contributed by atoms with Gasteiger partial charge < -0.3 is 10.1 Å². The van der Waals surface area contributed by atoms with Gasteiger partial charge in [0.1, 0.15) is 0 Å². The van der Waals surface area contributed by atoms with Gasteiger partial charge in [-0.3, -0.25) is 0 Å². The molecule has 0 radical (unpaired) electrons. The van der Waals surface area contributed by atoms with Crippen LogP contribution in [0.25, 0.3) is 0 Å². The molecule has 15 heavy (non-hydrogen) atoms. The predicted octanol–water partition coefficient (Wildman–Crippen LogP) is 3.00. The van der Waals surface area contributed by atoms with Crippen molar-refractivity contribution >= 4 is 11.3 Å². The summed E-state index contributed by atoms with van der Waals surface area (Å²) in [7, 11) is 1.74. The third-order valence-electron chi connectivity index (χ3n) is 2.41. The zero-order valence-corrected chi connectivity index (χ0v) is 10.9. The van der Waals surface area contributed by atoms with E-state index in [-0.39, 0.29) is 0 Å². The maximum Gasteiger partial charge on any atom is 0.0613 e. The molecule has 1 aromatic heterocycles. The lowest BCUT2D eigenvalue weighted by Crippen LogP contribution is -2.32. The van der Waals surface area contributed by atoms with Crippen LogP contribution in [-0.2, 0) is 11.2 Å². The Morgan fingerprint density at radius 3 is 2.67 bits per heavy atom. The second kappa shape index (κ2) is 6.26. The Kier molecular flexibility index (Phi) is 5.29. The SMILES string of the molecule is CCc1ccc(C(C)NC(C)COC)s1. The molecule has 2 atom stereocenters. The molecule has 0 fully saturated rings. The Hall–Kier alpha value is -0.380. The zero-order valence-electron chi connectivity index (χ0n) is 10.0. The fourth-order valence-corrected chi connectivity index (χ4v) is 2.59. The second-order valence-corrected chi connectivity index (χ2v) is 5.10. The third kappa shape index (κ3) is 3.93. The van der Waals surface area contributed by atoms with Crippen LogP contribution in [0, 0.1) is 0 Å². The first-order chi connectivity index (χ1) is 7.17. The van der Waals surface area contributed by atoms with Gasteiger partial charge in [0.05, 0.1) is 6.61 Å². The molecule has 1 heterocycles. The van der Waals surface area contributed by atoms with Gasteiger partial charge in [0, 0.05) is 28.9 Å². The van der Waals surface area contributed by atoms with E-state index < -0.39 is 0 Å². The minimum Gasteiger partial charge on any atom is -0.383 e. The number of nitrogens with one attached hydrogen (secondary N) is 1. The van der Waals surface area contributed by atoms with Crippen LogP contribution in [-0.4, -0.2) is 19.8 Å². The number of methoxy groups -OCH3 is 1. The highest BCUT2D eigenvalue weighted by Gasteiger charge is 2.10. The molecule has 1 rings (SSSR count). The molecule has 0 amide bonds. The van der Waals surface area contributed by atoms with Crippen molar-refractivity contribution in [2.45, 2.75) is 39.3 Å². The van der Waals surface area contributed by atoms with E-state index in [1.165, 1.54) is 9.75 Å². The van der Waals surface area contributed by atoms with Crippen LogP contribution in [0.2, 0.25) is 0 Å². The van der Waals surface area contributed by atoms with E-state index in [9.17, 15) is 0 Å². The number of thiophene rings is 1. The van der Waals surface area contributed by atoms with Gasteiger partial charge >= 0.3 is 0 Å². The number of aryl methyl sites for hydroxylation is 1. The summed E-state index contributed by atoms with van der Waals surface area (Å²) in [6.07, 6.45) is 1.13. The summed E-state index contributed by atoms with van der Waals surface area (Å²) in [5, 5.41) is 3.52. The second-order valence-electron chi connectivity index (χ2n) is 3.90. The molecule has 0 spiro atoms. The van der Waals surface area contributed by atoms with Gasteiger partial charge in [-0.15, -0.1) is 11.3 Å². The Labute approximate surface area is 96.7 Å². The van der Waals surface area contributed by atoms with Crippen molar-refractivity contribution in [2.24, 2.45) is 0 Å². The quantitative estimate of drug-likeness (QED) is 0.806. The van der Waals surface area contributed by atoms with Crippen LogP contribution in [0.5, 0.6) is 0 Å². The fourth-order valence-electron chi connectivity index (χ4n) is 1.62. The normalized spacial score (nSPS) is 15.2. The molecule has 0 aliphatic carbocycles. The fraction of sp³-hybridized carbons (Fsp3) is 0.667. The first-order valence-electron chi connectivity index (χ1n) is 5.51. The van der Waals surface area contributed by atoms with E-state index in [1.807, 2.05) is 11.3 Å². The van der Waals surface area contributed by atoms with Crippen molar-refractivity contribution in [1.82, 2.24) is 5.32 Å². The summed E-state index contributed by atoms with van der Waals surface area (Å²) in [5.74, 6) is 0. The molecule has 0 aliphatic heterocycles. The van der Waals surface area contributed by atoms with E-state index in [4.69, 9.17) is 4.74 Å². The van der Waals surface area contributed by atoms with Gasteiger partial charge in [0.2, 0.25) is 0 Å². The third-order valence-corrected chi connectivity index (χ3v) is 3.82. The van der Waals surface area contributed by atoms with E-state index in [0.717, 1.165) is 13.0 Å². The lowest BCUT2D eigenvalue weighted by Gasteiger charge is -2.18. The molecule has 1 aromatic rings. The number of ether oxygens (including phenoxy) is 1. The summed E-state index contributed by atoms with van der Waals surface area (Å²) in [6, 6.07) is 5.26. The first kappa shape index (κ1) is 12.7. The van der Waals surface area contributed by atoms with E-state index in [1.54, 1.807) is 7.11 Å². The van der Waals surface area contributed by atoms with Crippen molar-refractivity contribution in [2.75, 3.05) is 13.7 Å². The van der Waals surface area contributed by atoms with Gasteiger partial charge in [-0.25, -0.2) is 0 Å². The lowest BCUT2D eigenvalue weighted by molar-refractivity contribution is 0.168. The summed E-state index contributed by atoms with van der Waals surface area (Å²) >= 11 is 1.90. The molecule has 2 nitrogen and oxygen atoms in total. The summed E-state index contributed by atoms with van der Waals surface area (Å²) < 4.78 is 5.11. The molecular formula is C12H21NOS. The predicted molar refractivity (Wildman–Crippen MR) is 66.6 cm³/mol. The van der Waals surface area contributed by atoms with Crippen LogP contribution in [0.15, 0.2) is 12.1 Å². The highest BCUT2D eigenvalue weighted by molar-refractivity contribution is 7.12. The minimum absolute atomic E-state index is 0.400. The Balaban J connectivity index is 2.49. The Morgan fingerprint density at radius 1 is 1.40 bits per heavy atom.